The number of hydrogen-bond acceptors (Lipinski definition) is 4. The number of nitrogens with zero attached hydrogens (tertiary/aromatic N) is 2. The van der Waals surface area contributed by atoms with Crippen molar-refractivity contribution in [2.75, 3.05) is 19.6 Å². The standard InChI is InChI=1S/C15H22N4O/c16-9-14(11-3-6-17-7-4-11)19-8-5-13-12(10-19)1-2-15(20)18-13/h3-4,6-7,12-14H,1-2,5,8-10,16H2,(H,18,20). The lowest BCUT2D eigenvalue weighted by molar-refractivity contribution is -0.125. The Morgan fingerprint density at radius 1 is 1.40 bits per heavy atom. The minimum absolute atomic E-state index is 0.212. The Balaban J connectivity index is 1.70. The molecule has 1 aromatic rings. The predicted molar refractivity (Wildman–Crippen MR) is 76.9 cm³/mol. The van der Waals surface area contributed by atoms with Gasteiger partial charge < -0.3 is 11.1 Å². The molecule has 0 spiro atoms. The van der Waals surface area contributed by atoms with Crippen LogP contribution in [0.1, 0.15) is 30.9 Å². The first-order valence-corrected chi connectivity index (χ1v) is 7.41. The molecule has 3 rings (SSSR count). The van der Waals surface area contributed by atoms with Gasteiger partial charge in [-0.05, 0) is 36.5 Å². The quantitative estimate of drug-likeness (QED) is 0.850. The molecule has 0 saturated carbocycles. The van der Waals surface area contributed by atoms with E-state index in [-0.39, 0.29) is 11.9 Å². The SMILES string of the molecule is NCC(c1ccncc1)N1CCC2NC(=O)CCC2C1. The van der Waals surface area contributed by atoms with Gasteiger partial charge in [-0.3, -0.25) is 14.7 Å². The van der Waals surface area contributed by atoms with E-state index in [0.717, 1.165) is 25.9 Å². The molecule has 3 atom stereocenters. The van der Waals surface area contributed by atoms with Crippen LogP contribution >= 0.6 is 0 Å². The van der Waals surface area contributed by atoms with Crippen LogP contribution in [0.15, 0.2) is 24.5 Å². The number of piperidine rings is 2. The number of nitrogens with two attached hydrogens (primary N) is 1. The molecule has 2 aliphatic rings. The number of carbonyl (C=O) groups excluding carboxylic acids is 1. The summed E-state index contributed by atoms with van der Waals surface area (Å²) in [5.41, 5.74) is 7.23. The Morgan fingerprint density at radius 2 is 2.20 bits per heavy atom. The maximum absolute atomic E-state index is 11.5. The normalized spacial score (nSPS) is 28.6. The van der Waals surface area contributed by atoms with Crippen LogP contribution in [0, 0.1) is 5.92 Å². The number of nitrogens with one attached hydrogen (secondary N) is 1. The molecule has 2 fully saturated rings. The van der Waals surface area contributed by atoms with E-state index >= 15 is 0 Å². The van der Waals surface area contributed by atoms with E-state index in [4.69, 9.17) is 5.73 Å². The molecule has 2 aliphatic heterocycles. The van der Waals surface area contributed by atoms with E-state index in [0.29, 0.717) is 24.9 Å². The highest BCUT2D eigenvalue weighted by molar-refractivity contribution is 5.77. The fourth-order valence-corrected chi connectivity index (χ4v) is 3.50. The smallest absolute Gasteiger partial charge is 0.220 e. The number of amides is 1. The Bertz CT molecular complexity index is 464. The minimum Gasteiger partial charge on any atom is -0.353 e. The summed E-state index contributed by atoms with van der Waals surface area (Å²) in [6.45, 7) is 2.63. The van der Waals surface area contributed by atoms with Gasteiger partial charge in [-0.1, -0.05) is 0 Å². The summed E-state index contributed by atoms with van der Waals surface area (Å²) in [7, 11) is 0. The van der Waals surface area contributed by atoms with E-state index in [1.807, 2.05) is 24.5 Å². The molecule has 2 saturated heterocycles. The van der Waals surface area contributed by atoms with Crippen molar-refractivity contribution in [3.63, 3.8) is 0 Å². The average molecular weight is 274 g/mol. The zero-order valence-electron chi connectivity index (χ0n) is 11.7. The third kappa shape index (κ3) is 2.69. The number of rotatable bonds is 3. The van der Waals surface area contributed by atoms with Gasteiger partial charge in [0.05, 0.1) is 0 Å². The topological polar surface area (TPSA) is 71.2 Å². The molecule has 108 valence electrons. The molecule has 0 bridgehead atoms. The predicted octanol–water partition coefficient (Wildman–Crippen LogP) is 0.682. The number of hydrogen-bond donors (Lipinski definition) is 2. The molecule has 3 heterocycles. The fourth-order valence-electron chi connectivity index (χ4n) is 3.50. The number of aromatic nitrogens is 1. The highest BCUT2D eigenvalue weighted by Gasteiger charge is 2.35. The fraction of sp³-hybridized carbons (Fsp3) is 0.600. The van der Waals surface area contributed by atoms with Crippen LogP contribution in [0.3, 0.4) is 0 Å². The van der Waals surface area contributed by atoms with Crippen LogP contribution in [0.5, 0.6) is 0 Å². The molecule has 0 aromatic carbocycles. The van der Waals surface area contributed by atoms with E-state index in [2.05, 4.69) is 15.2 Å². The molecular formula is C15H22N4O. The Morgan fingerprint density at radius 3 is 2.95 bits per heavy atom. The number of carbonyl (C=O) groups is 1. The van der Waals surface area contributed by atoms with E-state index in [1.54, 1.807) is 0 Å². The summed E-state index contributed by atoms with van der Waals surface area (Å²) in [6, 6.07) is 4.72. The largest absolute Gasteiger partial charge is 0.353 e. The zero-order valence-corrected chi connectivity index (χ0v) is 11.7. The van der Waals surface area contributed by atoms with Crippen molar-refractivity contribution in [2.24, 2.45) is 11.7 Å². The molecule has 5 nitrogen and oxygen atoms in total. The van der Waals surface area contributed by atoms with Gasteiger partial charge in [0, 0.05) is 50.5 Å². The number of fused-ring (bicyclic) bond motifs is 1. The third-order valence-electron chi connectivity index (χ3n) is 4.61. The summed E-state index contributed by atoms with van der Waals surface area (Å²) in [5, 5.41) is 3.13. The number of pyridine rings is 1. The van der Waals surface area contributed by atoms with Crippen molar-refractivity contribution < 1.29 is 4.79 Å². The van der Waals surface area contributed by atoms with Crippen LogP contribution in [0.25, 0.3) is 0 Å². The van der Waals surface area contributed by atoms with Gasteiger partial charge in [0.1, 0.15) is 0 Å². The van der Waals surface area contributed by atoms with Gasteiger partial charge in [-0.15, -0.1) is 0 Å². The maximum atomic E-state index is 11.5. The van der Waals surface area contributed by atoms with E-state index in [1.165, 1.54) is 5.56 Å². The first-order valence-electron chi connectivity index (χ1n) is 7.41. The average Bonchev–Trinajstić information content (AvgIpc) is 2.49. The van der Waals surface area contributed by atoms with E-state index in [9.17, 15) is 4.79 Å². The highest BCUT2D eigenvalue weighted by Crippen LogP contribution is 2.30. The molecule has 20 heavy (non-hydrogen) atoms. The zero-order chi connectivity index (χ0) is 13.9. The molecule has 1 aromatic heterocycles. The molecule has 0 aliphatic carbocycles. The minimum atomic E-state index is 0.212. The van der Waals surface area contributed by atoms with Gasteiger partial charge in [-0.2, -0.15) is 0 Å². The second-order valence-electron chi connectivity index (χ2n) is 5.79. The molecule has 0 radical (unpaired) electrons. The summed E-state index contributed by atoms with van der Waals surface area (Å²) in [6.07, 6.45) is 6.34. The van der Waals surface area contributed by atoms with Gasteiger partial charge >= 0.3 is 0 Å². The first kappa shape index (κ1) is 13.5. The van der Waals surface area contributed by atoms with Crippen molar-refractivity contribution in [1.29, 1.82) is 0 Å². The van der Waals surface area contributed by atoms with Crippen LogP contribution in [0.2, 0.25) is 0 Å². The lowest BCUT2D eigenvalue weighted by Gasteiger charge is -2.44. The van der Waals surface area contributed by atoms with Crippen molar-refractivity contribution in [3.8, 4) is 0 Å². The van der Waals surface area contributed by atoms with Gasteiger partial charge in [0.25, 0.3) is 0 Å². The molecular weight excluding hydrogens is 252 g/mol. The van der Waals surface area contributed by atoms with Crippen molar-refractivity contribution in [2.45, 2.75) is 31.3 Å². The van der Waals surface area contributed by atoms with Crippen LogP contribution in [-0.2, 0) is 4.79 Å². The van der Waals surface area contributed by atoms with Gasteiger partial charge in [0.2, 0.25) is 5.91 Å². The summed E-state index contributed by atoms with van der Waals surface area (Å²) in [5.74, 6) is 0.779. The van der Waals surface area contributed by atoms with Crippen LogP contribution in [0.4, 0.5) is 0 Å². The first-order chi connectivity index (χ1) is 9.78. The third-order valence-corrected chi connectivity index (χ3v) is 4.61. The lowest BCUT2D eigenvalue weighted by atomic mass is 9.84. The van der Waals surface area contributed by atoms with Crippen molar-refractivity contribution in [1.82, 2.24) is 15.2 Å². The maximum Gasteiger partial charge on any atom is 0.220 e. The van der Waals surface area contributed by atoms with Gasteiger partial charge in [0.15, 0.2) is 0 Å². The van der Waals surface area contributed by atoms with Crippen LogP contribution in [-0.4, -0.2) is 41.5 Å². The summed E-state index contributed by atoms with van der Waals surface area (Å²) in [4.78, 5) is 18.0. The molecule has 5 heteroatoms. The molecule has 3 unspecified atom stereocenters. The summed E-state index contributed by atoms with van der Waals surface area (Å²) >= 11 is 0. The van der Waals surface area contributed by atoms with E-state index < -0.39 is 0 Å². The highest BCUT2D eigenvalue weighted by atomic mass is 16.1. The van der Waals surface area contributed by atoms with Gasteiger partial charge in [-0.25, -0.2) is 0 Å². The van der Waals surface area contributed by atoms with Crippen molar-refractivity contribution >= 4 is 5.91 Å². The molecule has 1 amide bonds. The Kier molecular flexibility index (Phi) is 3.98. The summed E-state index contributed by atoms with van der Waals surface area (Å²) < 4.78 is 0. The molecule has 3 N–H and O–H groups in total. The van der Waals surface area contributed by atoms with Crippen molar-refractivity contribution in [3.05, 3.63) is 30.1 Å². The second-order valence-corrected chi connectivity index (χ2v) is 5.79. The monoisotopic (exact) mass is 274 g/mol. The van der Waals surface area contributed by atoms with Crippen LogP contribution < -0.4 is 11.1 Å². The Hall–Kier alpha value is -1.46. The Labute approximate surface area is 119 Å². The lowest BCUT2D eigenvalue weighted by Crippen LogP contribution is -2.55. The second kappa shape index (κ2) is 5.89. The number of likely N-dealkylation sites (tertiary alicyclic amines) is 1.